The average Bonchev–Trinajstić information content (AvgIpc) is 2.60. The minimum Gasteiger partial charge on any atom is -0.308 e. The Balaban J connectivity index is 1.66. The SMILES string of the molecule is O=C(Nc1ccc(-c2ccc(=O)[nH]n2)cc1)Nc1ccc(Cl)c(Cl)c1. The molecule has 8 heteroatoms. The van der Waals surface area contributed by atoms with E-state index in [1.165, 1.54) is 6.07 Å². The molecule has 0 bridgehead atoms. The fourth-order valence-electron chi connectivity index (χ4n) is 2.10. The summed E-state index contributed by atoms with van der Waals surface area (Å²) in [5, 5.41) is 12.5. The van der Waals surface area contributed by atoms with Crippen LogP contribution in [0.4, 0.5) is 16.2 Å². The van der Waals surface area contributed by atoms with Crippen LogP contribution in [-0.2, 0) is 0 Å². The molecule has 2 aromatic carbocycles. The van der Waals surface area contributed by atoms with Crippen LogP contribution in [0.3, 0.4) is 0 Å². The van der Waals surface area contributed by atoms with Crippen LogP contribution in [0.2, 0.25) is 10.0 Å². The van der Waals surface area contributed by atoms with E-state index in [1.807, 2.05) is 0 Å². The van der Waals surface area contributed by atoms with Crippen LogP contribution in [0.5, 0.6) is 0 Å². The van der Waals surface area contributed by atoms with Crippen LogP contribution < -0.4 is 16.2 Å². The van der Waals surface area contributed by atoms with Crippen LogP contribution in [0.15, 0.2) is 59.4 Å². The standard InChI is InChI=1S/C17H12Cl2N4O2/c18-13-6-5-12(9-14(13)19)21-17(25)20-11-3-1-10(2-4-11)15-7-8-16(24)23-22-15/h1-9H,(H,23,24)(H2,20,21,25). The Bertz CT molecular complexity index is 951. The maximum absolute atomic E-state index is 12.0. The Hall–Kier alpha value is -2.83. The number of carbonyl (C=O) groups excluding carboxylic acids is 1. The van der Waals surface area contributed by atoms with Crippen LogP contribution >= 0.6 is 23.2 Å². The normalized spacial score (nSPS) is 10.3. The number of benzene rings is 2. The molecule has 3 aromatic rings. The molecule has 126 valence electrons. The van der Waals surface area contributed by atoms with Crippen molar-refractivity contribution in [3.8, 4) is 11.3 Å². The third kappa shape index (κ3) is 4.37. The Labute approximate surface area is 152 Å². The van der Waals surface area contributed by atoms with Gasteiger partial charge in [0.1, 0.15) is 0 Å². The lowest BCUT2D eigenvalue weighted by Gasteiger charge is -2.09. The second-order valence-electron chi connectivity index (χ2n) is 5.09. The van der Waals surface area contributed by atoms with Crippen LogP contribution in [-0.4, -0.2) is 16.2 Å². The lowest BCUT2D eigenvalue weighted by atomic mass is 10.1. The molecule has 0 aliphatic heterocycles. The predicted octanol–water partition coefficient (Wildman–Crippen LogP) is 4.39. The summed E-state index contributed by atoms with van der Waals surface area (Å²) in [5.41, 5.74) is 2.31. The molecule has 3 N–H and O–H groups in total. The van der Waals surface area contributed by atoms with Crippen molar-refractivity contribution in [1.82, 2.24) is 10.2 Å². The zero-order valence-corrected chi connectivity index (χ0v) is 14.2. The van der Waals surface area contributed by atoms with Crippen molar-refractivity contribution < 1.29 is 4.79 Å². The second kappa shape index (κ2) is 7.38. The number of H-pyrrole nitrogens is 1. The molecule has 2 amide bonds. The summed E-state index contributed by atoms with van der Waals surface area (Å²) in [6.07, 6.45) is 0. The zero-order chi connectivity index (χ0) is 17.8. The molecule has 25 heavy (non-hydrogen) atoms. The Morgan fingerprint density at radius 3 is 2.20 bits per heavy atom. The van der Waals surface area contributed by atoms with E-state index in [9.17, 15) is 9.59 Å². The molecule has 6 nitrogen and oxygen atoms in total. The average molecular weight is 375 g/mol. The first-order chi connectivity index (χ1) is 12.0. The van der Waals surface area contributed by atoms with E-state index in [0.29, 0.717) is 27.1 Å². The van der Waals surface area contributed by atoms with Crippen LogP contribution in [0.25, 0.3) is 11.3 Å². The minimum absolute atomic E-state index is 0.263. The van der Waals surface area contributed by atoms with Gasteiger partial charge in [0, 0.05) is 23.0 Å². The van der Waals surface area contributed by atoms with Crippen LogP contribution in [0, 0.1) is 0 Å². The summed E-state index contributed by atoms with van der Waals surface area (Å²) < 4.78 is 0. The van der Waals surface area contributed by atoms with Gasteiger partial charge in [0.05, 0.1) is 15.7 Å². The van der Waals surface area contributed by atoms with Crippen molar-refractivity contribution in [1.29, 1.82) is 0 Å². The van der Waals surface area contributed by atoms with E-state index in [0.717, 1.165) is 5.56 Å². The Kier molecular flexibility index (Phi) is 5.02. The highest BCUT2D eigenvalue weighted by Gasteiger charge is 2.06. The number of rotatable bonds is 3. The maximum Gasteiger partial charge on any atom is 0.323 e. The summed E-state index contributed by atoms with van der Waals surface area (Å²) in [6.45, 7) is 0. The molecule has 1 aromatic heterocycles. The first-order valence-electron chi connectivity index (χ1n) is 7.20. The molecule has 0 saturated heterocycles. The van der Waals surface area contributed by atoms with Crippen molar-refractivity contribution in [3.05, 3.63) is 75.0 Å². The Morgan fingerprint density at radius 2 is 1.56 bits per heavy atom. The monoisotopic (exact) mass is 374 g/mol. The molecule has 0 saturated carbocycles. The molecule has 0 fully saturated rings. The first kappa shape index (κ1) is 17.0. The number of urea groups is 1. The number of halogens is 2. The third-order valence-electron chi connectivity index (χ3n) is 3.30. The topological polar surface area (TPSA) is 86.9 Å². The summed E-state index contributed by atoms with van der Waals surface area (Å²) in [4.78, 5) is 23.1. The van der Waals surface area contributed by atoms with E-state index in [1.54, 1.807) is 48.5 Å². The van der Waals surface area contributed by atoms with E-state index >= 15 is 0 Å². The maximum atomic E-state index is 12.0. The predicted molar refractivity (Wildman–Crippen MR) is 99.4 cm³/mol. The molecule has 3 rings (SSSR count). The smallest absolute Gasteiger partial charge is 0.308 e. The van der Waals surface area contributed by atoms with Crippen molar-refractivity contribution in [2.24, 2.45) is 0 Å². The van der Waals surface area contributed by atoms with Gasteiger partial charge in [0.15, 0.2) is 0 Å². The molecule has 0 radical (unpaired) electrons. The quantitative estimate of drug-likeness (QED) is 0.635. The van der Waals surface area contributed by atoms with Gasteiger partial charge in [-0.25, -0.2) is 9.89 Å². The molecule has 0 spiro atoms. The van der Waals surface area contributed by atoms with Gasteiger partial charge in [-0.05, 0) is 36.4 Å². The number of anilines is 2. The molecule has 0 atom stereocenters. The van der Waals surface area contributed by atoms with Crippen molar-refractivity contribution in [2.45, 2.75) is 0 Å². The molecule has 0 aliphatic carbocycles. The summed E-state index contributed by atoms with van der Waals surface area (Å²) in [7, 11) is 0. The minimum atomic E-state index is -0.409. The number of amides is 2. The Morgan fingerprint density at radius 1 is 0.880 bits per heavy atom. The van der Waals surface area contributed by atoms with E-state index in [4.69, 9.17) is 23.2 Å². The summed E-state index contributed by atoms with van der Waals surface area (Å²) in [6, 6.07) is 14.5. The number of aromatic amines is 1. The molecule has 1 heterocycles. The van der Waals surface area contributed by atoms with E-state index < -0.39 is 6.03 Å². The first-order valence-corrected chi connectivity index (χ1v) is 7.96. The number of aromatic nitrogens is 2. The largest absolute Gasteiger partial charge is 0.323 e. The summed E-state index contributed by atoms with van der Waals surface area (Å²) in [5.74, 6) is 0. The highest BCUT2D eigenvalue weighted by molar-refractivity contribution is 6.42. The van der Waals surface area contributed by atoms with Crippen molar-refractivity contribution >= 4 is 40.6 Å². The molecular formula is C17H12Cl2N4O2. The highest BCUT2D eigenvalue weighted by atomic mass is 35.5. The third-order valence-corrected chi connectivity index (χ3v) is 4.03. The second-order valence-corrected chi connectivity index (χ2v) is 5.91. The van der Waals surface area contributed by atoms with Gasteiger partial charge in [-0.1, -0.05) is 35.3 Å². The van der Waals surface area contributed by atoms with Gasteiger partial charge in [-0.2, -0.15) is 5.10 Å². The van der Waals surface area contributed by atoms with Crippen molar-refractivity contribution in [2.75, 3.05) is 10.6 Å². The van der Waals surface area contributed by atoms with E-state index in [-0.39, 0.29) is 5.56 Å². The van der Waals surface area contributed by atoms with Crippen molar-refractivity contribution in [3.63, 3.8) is 0 Å². The van der Waals surface area contributed by atoms with Gasteiger partial charge in [0.2, 0.25) is 0 Å². The van der Waals surface area contributed by atoms with Gasteiger partial charge < -0.3 is 10.6 Å². The lowest BCUT2D eigenvalue weighted by Crippen LogP contribution is -2.19. The molecular weight excluding hydrogens is 363 g/mol. The molecule has 0 aliphatic rings. The zero-order valence-electron chi connectivity index (χ0n) is 12.7. The fraction of sp³-hybridized carbons (Fsp3) is 0. The number of nitrogens with zero attached hydrogens (tertiary/aromatic N) is 1. The number of hydrogen-bond acceptors (Lipinski definition) is 3. The lowest BCUT2D eigenvalue weighted by molar-refractivity contribution is 0.262. The van der Waals surface area contributed by atoms with E-state index in [2.05, 4.69) is 20.8 Å². The van der Waals surface area contributed by atoms with Gasteiger partial charge in [0.25, 0.3) is 5.56 Å². The van der Waals surface area contributed by atoms with Crippen LogP contribution in [0.1, 0.15) is 0 Å². The number of carbonyl (C=O) groups is 1. The van der Waals surface area contributed by atoms with Gasteiger partial charge in [-0.3, -0.25) is 4.79 Å². The highest BCUT2D eigenvalue weighted by Crippen LogP contribution is 2.25. The summed E-state index contributed by atoms with van der Waals surface area (Å²) >= 11 is 11.7. The molecule has 0 unspecified atom stereocenters. The number of hydrogen-bond donors (Lipinski definition) is 3. The fourth-order valence-corrected chi connectivity index (χ4v) is 2.39. The number of nitrogens with one attached hydrogen (secondary N) is 3. The van der Waals surface area contributed by atoms with Gasteiger partial charge >= 0.3 is 6.03 Å². The van der Waals surface area contributed by atoms with Gasteiger partial charge in [-0.15, -0.1) is 0 Å².